The summed E-state index contributed by atoms with van der Waals surface area (Å²) in [5, 5.41) is 11.0. The normalized spacial score (nSPS) is 10.5. The van der Waals surface area contributed by atoms with Crippen LogP contribution in [0, 0.1) is 0 Å². The van der Waals surface area contributed by atoms with Crippen molar-refractivity contribution in [1.29, 1.82) is 0 Å². The minimum absolute atomic E-state index is 0.0695. The number of hydrogen-bond acceptors (Lipinski definition) is 6. The van der Waals surface area contributed by atoms with E-state index in [1.54, 1.807) is 0 Å². The number of carbonyl (C=O) groups is 1. The Hall–Kier alpha value is -1.12. The molecule has 0 atom stereocenters. The molecule has 0 radical (unpaired) electrons. The fraction of sp³-hybridized carbons (Fsp3) is 0.357. The third kappa shape index (κ3) is 4.96. The largest absolute Gasteiger partial charge is 0.483 e. The van der Waals surface area contributed by atoms with Gasteiger partial charge in [-0.1, -0.05) is 42.5 Å². The van der Waals surface area contributed by atoms with Gasteiger partial charge < -0.3 is 4.74 Å². The van der Waals surface area contributed by atoms with Crippen molar-refractivity contribution >= 4 is 50.1 Å². The van der Waals surface area contributed by atoms with Crippen molar-refractivity contribution in [2.75, 3.05) is 18.2 Å². The smallest absolute Gasteiger partial charge is 0.264 e. The molecule has 0 bridgehead atoms. The van der Waals surface area contributed by atoms with Crippen LogP contribution in [0.25, 0.3) is 0 Å². The summed E-state index contributed by atoms with van der Waals surface area (Å²) >= 11 is 6.29. The summed E-state index contributed by atoms with van der Waals surface area (Å²) in [5.74, 6) is 0.394. The van der Waals surface area contributed by atoms with Crippen LogP contribution in [0.5, 0.6) is 5.75 Å². The van der Waals surface area contributed by atoms with Crippen molar-refractivity contribution in [2.24, 2.45) is 0 Å². The topological polar surface area (TPSA) is 64.1 Å². The fourth-order valence-corrected chi connectivity index (χ4v) is 3.47. The van der Waals surface area contributed by atoms with E-state index in [0.29, 0.717) is 10.9 Å². The quantitative estimate of drug-likeness (QED) is 0.561. The molecule has 1 N–H and O–H groups in total. The molecule has 0 unspecified atom stereocenters. The Morgan fingerprint density at radius 1 is 1.45 bits per heavy atom. The molecule has 0 saturated heterocycles. The molecule has 1 heterocycles. The van der Waals surface area contributed by atoms with Crippen molar-refractivity contribution < 1.29 is 9.53 Å². The van der Waals surface area contributed by atoms with Crippen molar-refractivity contribution in [2.45, 2.75) is 24.1 Å². The number of hydrogen-bond donors (Lipinski definition) is 1. The number of nitrogens with one attached hydrogen (secondary N) is 1. The predicted octanol–water partition coefficient (Wildman–Crippen LogP) is 3.99. The first-order valence-corrected chi connectivity index (χ1v) is 9.54. The van der Waals surface area contributed by atoms with Crippen molar-refractivity contribution in [3.8, 4) is 5.75 Å². The van der Waals surface area contributed by atoms with E-state index in [2.05, 4.69) is 38.4 Å². The Bertz CT molecular complexity index is 649. The highest BCUT2D eigenvalue weighted by molar-refractivity contribution is 9.10. The number of benzene rings is 1. The van der Waals surface area contributed by atoms with E-state index in [1.165, 1.54) is 28.7 Å². The van der Waals surface area contributed by atoms with Crippen LogP contribution >= 0.6 is 39.0 Å². The highest BCUT2D eigenvalue weighted by Gasteiger charge is 2.10. The average Bonchev–Trinajstić information content (AvgIpc) is 2.94. The van der Waals surface area contributed by atoms with Crippen LogP contribution in [0.3, 0.4) is 0 Å². The lowest BCUT2D eigenvalue weighted by molar-refractivity contribution is -0.118. The van der Waals surface area contributed by atoms with Gasteiger partial charge in [-0.15, -0.1) is 10.2 Å². The molecule has 2 rings (SSSR count). The van der Waals surface area contributed by atoms with Gasteiger partial charge in [0.25, 0.3) is 5.91 Å². The van der Waals surface area contributed by atoms with Crippen molar-refractivity contribution in [1.82, 2.24) is 10.2 Å². The van der Waals surface area contributed by atoms with Crippen LogP contribution in [-0.2, 0) is 11.2 Å². The second-order valence-electron chi connectivity index (χ2n) is 4.43. The van der Waals surface area contributed by atoms with E-state index in [4.69, 9.17) is 4.74 Å². The standard InChI is InChI=1S/C14H16BrN3O2S2/c1-3-4-9-5-6-11(10(15)7-9)20-8-12(19)16-13-17-18-14(21-2)22-13/h5-7H,3-4,8H2,1-2H3,(H,16,17,19). The van der Waals surface area contributed by atoms with E-state index in [9.17, 15) is 4.79 Å². The number of aromatic nitrogens is 2. The Kier molecular flexibility index (Phi) is 6.66. The maximum absolute atomic E-state index is 11.8. The molecule has 118 valence electrons. The number of amides is 1. The average molecular weight is 402 g/mol. The lowest BCUT2D eigenvalue weighted by Crippen LogP contribution is -2.20. The Balaban J connectivity index is 1.88. The first kappa shape index (κ1) is 17.2. The second-order valence-corrected chi connectivity index (χ2v) is 7.31. The molecule has 0 aliphatic carbocycles. The van der Waals surface area contributed by atoms with Gasteiger partial charge in [0, 0.05) is 0 Å². The molecule has 0 aliphatic heterocycles. The number of halogens is 1. The van der Waals surface area contributed by atoms with Crippen LogP contribution < -0.4 is 10.1 Å². The number of anilines is 1. The van der Waals surface area contributed by atoms with Gasteiger partial charge in [-0.2, -0.15) is 0 Å². The minimum Gasteiger partial charge on any atom is -0.483 e. The molecular formula is C14H16BrN3O2S2. The molecule has 0 aliphatic rings. The summed E-state index contributed by atoms with van der Waals surface area (Å²) in [5.41, 5.74) is 1.24. The van der Waals surface area contributed by atoms with E-state index in [-0.39, 0.29) is 12.5 Å². The van der Waals surface area contributed by atoms with E-state index < -0.39 is 0 Å². The first-order valence-electron chi connectivity index (χ1n) is 6.71. The van der Waals surface area contributed by atoms with Crippen LogP contribution in [0.15, 0.2) is 27.0 Å². The van der Waals surface area contributed by atoms with Crippen LogP contribution in [0.1, 0.15) is 18.9 Å². The predicted molar refractivity (Wildman–Crippen MR) is 94.0 cm³/mol. The molecule has 0 spiro atoms. The monoisotopic (exact) mass is 401 g/mol. The van der Waals surface area contributed by atoms with Gasteiger partial charge in [0.1, 0.15) is 5.75 Å². The number of aryl methyl sites for hydroxylation is 1. The Labute approximate surface area is 146 Å². The highest BCUT2D eigenvalue weighted by Crippen LogP contribution is 2.27. The summed E-state index contributed by atoms with van der Waals surface area (Å²) in [4.78, 5) is 11.8. The summed E-state index contributed by atoms with van der Waals surface area (Å²) in [6.07, 6.45) is 4.03. The highest BCUT2D eigenvalue weighted by atomic mass is 79.9. The third-order valence-electron chi connectivity index (χ3n) is 2.72. The van der Waals surface area contributed by atoms with Gasteiger partial charge in [-0.05, 0) is 46.3 Å². The summed E-state index contributed by atoms with van der Waals surface area (Å²) < 4.78 is 7.19. The number of carbonyl (C=O) groups excluding carboxylic acids is 1. The summed E-state index contributed by atoms with van der Waals surface area (Å²) in [6.45, 7) is 2.07. The molecule has 8 heteroatoms. The molecular weight excluding hydrogens is 386 g/mol. The minimum atomic E-state index is -0.256. The molecule has 0 saturated carbocycles. The molecule has 5 nitrogen and oxygen atoms in total. The van der Waals surface area contributed by atoms with E-state index in [0.717, 1.165) is 21.7 Å². The van der Waals surface area contributed by atoms with Gasteiger partial charge in [0.2, 0.25) is 5.13 Å². The van der Waals surface area contributed by atoms with Crippen molar-refractivity contribution in [3.05, 3.63) is 28.2 Å². The SMILES string of the molecule is CCCc1ccc(OCC(=O)Nc2nnc(SC)s2)c(Br)c1. The molecule has 1 aromatic carbocycles. The van der Waals surface area contributed by atoms with E-state index in [1.807, 2.05) is 24.5 Å². The number of nitrogens with zero attached hydrogens (tertiary/aromatic N) is 2. The maximum Gasteiger partial charge on any atom is 0.264 e. The van der Waals surface area contributed by atoms with E-state index >= 15 is 0 Å². The number of rotatable bonds is 7. The number of ether oxygens (including phenoxy) is 1. The zero-order chi connectivity index (χ0) is 15.9. The van der Waals surface area contributed by atoms with Crippen LogP contribution in [0.4, 0.5) is 5.13 Å². The summed E-state index contributed by atoms with van der Waals surface area (Å²) in [6, 6.07) is 5.91. The Morgan fingerprint density at radius 3 is 2.91 bits per heavy atom. The van der Waals surface area contributed by atoms with Crippen LogP contribution in [-0.4, -0.2) is 29.0 Å². The fourth-order valence-electron chi connectivity index (χ4n) is 1.75. The third-order valence-corrected chi connectivity index (χ3v) is 5.16. The van der Waals surface area contributed by atoms with Crippen molar-refractivity contribution in [3.63, 3.8) is 0 Å². The summed E-state index contributed by atoms with van der Waals surface area (Å²) in [7, 11) is 0. The van der Waals surface area contributed by atoms with Gasteiger partial charge in [0.05, 0.1) is 4.47 Å². The van der Waals surface area contributed by atoms with Gasteiger partial charge in [-0.25, -0.2) is 0 Å². The molecule has 22 heavy (non-hydrogen) atoms. The Morgan fingerprint density at radius 2 is 2.27 bits per heavy atom. The zero-order valence-electron chi connectivity index (χ0n) is 12.3. The molecule has 2 aromatic rings. The van der Waals surface area contributed by atoms with Gasteiger partial charge in [0.15, 0.2) is 10.9 Å². The van der Waals surface area contributed by atoms with Gasteiger partial charge >= 0.3 is 0 Å². The lowest BCUT2D eigenvalue weighted by Gasteiger charge is -2.09. The zero-order valence-corrected chi connectivity index (χ0v) is 15.5. The van der Waals surface area contributed by atoms with Gasteiger partial charge in [-0.3, -0.25) is 10.1 Å². The molecule has 0 fully saturated rings. The molecule has 1 amide bonds. The lowest BCUT2D eigenvalue weighted by atomic mass is 10.1. The maximum atomic E-state index is 11.8. The first-order chi connectivity index (χ1) is 10.6. The second kappa shape index (κ2) is 8.50. The number of thioether (sulfide) groups is 1. The molecule has 1 aromatic heterocycles. The van der Waals surface area contributed by atoms with Crippen LogP contribution in [0.2, 0.25) is 0 Å².